The minimum Gasteiger partial charge on any atom is -0.490 e. The molecule has 7 nitrogen and oxygen atoms in total. The number of benzene rings is 2. The van der Waals surface area contributed by atoms with Crippen LogP contribution in [0.25, 0.3) is 6.08 Å². The van der Waals surface area contributed by atoms with Gasteiger partial charge in [0.1, 0.15) is 24.7 Å². The predicted molar refractivity (Wildman–Crippen MR) is 120 cm³/mol. The first-order chi connectivity index (χ1) is 15.7. The molecule has 12 heteroatoms. The van der Waals surface area contributed by atoms with Gasteiger partial charge < -0.3 is 9.47 Å². The van der Waals surface area contributed by atoms with E-state index in [1.807, 2.05) is 6.07 Å². The number of hydrogen-bond acceptors (Lipinski definition) is 6. The topological polar surface area (TPSA) is 87.3 Å². The van der Waals surface area contributed by atoms with Crippen molar-refractivity contribution in [2.24, 2.45) is 10.1 Å². The van der Waals surface area contributed by atoms with Crippen LogP contribution in [0, 0.1) is 5.41 Å². The monoisotopic (exact) mass is 494 g/mol. The van der Waals surface area contributed by atoms with Crippen LogP contribution in [0.5, 0.6) is 11.5 Å². The minimum absolute atomic E-state index is 0.173. The Bertz CT molecular complexity index is 1200. The summed E-state index contributed by atoms with van der Waals surface area (Å²) in [5, 5.41) is 11.2. The Balaban J connectivity index is 1.38. The van der Waals surface area contributed by atoms with Crippen LogP contribution in [0.1, 0.15) is 5.56 Å². The number of hydrogen-bond donors (Lipinski definition) is 1. The number of hydrazone groups is 1. The van der Waals surface area contributed by atoms with E-state index in [0.717, 1.165) is 0 Å². The molecule has 2 aromatic rings. The second kappa shape index (κ2) is 9.28. The number of aliphatic imine (C=N–C) groups is 1. The van der Waals surface area contributed by atoms with Crippen molar-refractivity contribution < 1.29 is 27.4 Å². The molecular weight excluding hydrogens is 481 g/mol. The Labute approximate surface area is 195 Å². The predicted octanol–water partition coefficient (Wildman–Crippen LogP) is 4.98. The molecule has 2 aromatic carbocycles. The zero-order valence-corrected chi connectivity index (χ0v) is 18.2. The second-order valence-electron chi connectivity index (χ2n) is 6.62. The summed E-state index contributed by atoms with van der Waals surface area (Å²) < 4.78 is 49.8. The molecule has 0 unspecified atom stereocenters. The van der Waals surface area contributed by atoms with Crippen LogP contribution >= 0.6 is 23.4 Å². The average molecular weight is 495 g/mol. The molecule has 0 bridgehead atoms. The summed E-state index contributed by atoms with van der Waals surface area (Å²) >= 11 is 6.22. The zero-order chi connectivity index (χ0) is 23.6. The van der Waals surface area contributed by atoms with Crippen molar-refractivity contribution in [2.75, 3.05) is 13.2 Å². The Hall–Kier alpha value is -3.31. The van der Waals surface area contributed by atoms with Crippen molar-refractivity contribution >= 4 is 51.4 Å². The van der Waals surface area contributed by atoms with Gasteiger partial charge in [0, 0.05) is 0 Å². The lowest BCUT2D eigenvalue weighted by Gasteiger charge is -2.20. The zero-order valence-electron chi connectivity index (χ0n) is 16.6. The summed E-state index contributed by atoms with van der Waals surface area (Å²) in [7, 11) is 0. The van der Waals surface area contributed by atoms with Crippen LogP contribution < -0.4 is 9.47 Å². The number of rotatable bonds is 6. The Morgan fingerprint density at radius 1 is 1.09 bits per heavy atom. The number of carbonyl (C=O) groups is 1. The summed E-state index contributed by atoms with van der Waals surface area (Å²) in [5.41, 5.74) is 0.363. The number of fused-ring (bicyclic) bond motifs is 1. The molecule has 0 saturated carbocycles. The molecule has 33 heavy (non-hydrogen) atoms. The maximum Gasteiger partial charge on any atom is 0.441 e. The number of alkyl halides is 3. The van der Waals surface area contributed by atoms with Gasteiger partial charge in [-0.15, -0.1) is 0 Å². The van der Waals surface area contributed by atoms with E-state index in [9.17, 15) is 18.0 Å². The van der Waals surface area contributed by atoms with Gasteiger partial charge in [-0.3, -0.25) is 10.2 Å². The van der Waals surface area contributed by atoms with Crippen molar-refractivity contribution in [3.8, 4) is 11.5 Å². The molecule has 2 aliphatic rings. The number of carbonyl (C=O) groups excluding carboxylic acids is 1. The summed E-state index contributed by atoms with van der Waals surface area (Å²) in [6, 6.07) is 13.7. The number of thioether (sulfide) groups is 1. The Morgan fingerprint density at radius 3 is 2.48 bits per heavy atom. The van der Waals surface area contributed by atoms with Crippen molar-refractivity contribution in [3.05, 3.63) is 64.7 Å². The molecule has 1 N–H and O–H groups in total. The Kier molecular flexibility index (Phi) is 6.43. The highest BCUT2D eigenvalue weighted by Crippen LogP contribution is 2.35. The van der Waals surface area contributed by atoms with E-state index in [-0.39, 0.29) is 35.7 Å². The third-order valence-electron chi connectivity index (χ3n) is 4.33. The molecule has 0 saturated heterocycles. The van der Waals surface area contributed by atoms with E-state index in [2.05, 4.69) is 10.1 Å². The van der Waals surface area contributed by atoms with Gasteiger partial charge >= 0.3 is 6.18 Å². The fourth-order valence-electron chi connectivity index (χ4n) is 2.81. The van der Waals surface area contributed by atoms with Gasteiger partial charge in [0.25, 0.3) is 5.91 Å². The van der Waals surface area contributed by atoms with Gasteiger partial charge in [-0.05, 0) is 47.7 Å². The smallest absolute Gasteiger partial charge is 0.441 e. The van der Waals surface area contributed by atoms with E-state index in [1.165, 1.54) is 6.08 Å². The normalized spacial score (nSPS) is 17.1. The molecule has 0 spiro atoms. The van der Waals surface area contributed by atoms with Crippen molar-refractivity contribution in [2.45, 2.75) is 6.18 Å². The van der Waals surface area contributed by atoms with Crippen molar-refractivity contribution in [3.63, 3.8) is 0 Å². The fraction of sp³-hybridized carbons (Fsp3) is 0.143. The molecule has 170 valence electrons. The lowest BCUT2D eigenvalue weighted by Crippen LogP contribution is -2.35. The molecule has 2 aliphatic heterocycles. The van der Waals surface area contributed by atoms with Crippen LogP contribution in [0.15, 0.2) is 64.2 Å². The first-order valence-corrected chi connectivity index (χ1v) is 10.6. The molecule has 0 atom stereocenters. The summed E-state index contributed by atoms with van der Waals surface area (Å²) in [4.78, 5) is 15.9. The number of nitrogens with zero attached hydrogens (tertiary/aromatic N) is 3. The van der Waals surface area contributed by atoms with Crippen LogP contribution in [-0.4, -0.2) is 46.4 Å². The largest absolute Gasteiger partial charge is 0.490 e. The number of ether oxygens (including phenoxy) is 2. The Morgan fingerprint density at radius 2 is 1.79 bits per heavy atom. The molecule has 2 heterocycles. The van der Waals surface area contributed by atoms with E-state index < -0.39 is 23.0 Å². The highest BCUT2D eigenvalue weighted by molar-refractivity contribution is 8.27. The van der Waals surface area contributed by atoms with Gasteiger partial charge in [0.2, 0.25) is 10.2 Å². The molecule has 0 aliphatic carbocycles. The number of amides is 1. The van der Waals surface area contributed by atoms with Gasteiger partial charge in [0.05, 0.1) is 10.6 Å². The fourth-order valence-corrected chi connectivity index (χ4v) is 3.76. The first-order valence-electron chi connectivity index (χ1n) is 9.40. The van der Waals surface area contributed by atoms with E-state index >= 15 is 0 Å². The van der Waals surface area contributed by atoms with E-state index in [4.69, 9.17) is 26.5 Å². The van der Waals surface area contributed by atoms with Gasteiger partial charge in [0.15, 0.2) is 5.84 Å². The average Bonchev–Trinajstić information content (AvgIpc) is 3.21. The van der Waals surface area contributed by atoms with Crippen molar-refractivity contribution in [1.82, 2.24) is 5.01 Å². The SMILES string of the molecule is N=C1/C(=C\c2ccc(OCCOc3ccccc3Cl)cc2)C(=O)N=C2SC(C(F)(F)F)=NN12. The summed E-state index contributed by atoms with van der Waals surface area (Å²) in [6.07, 6.45) is -3.33. The standard InChI is InChI=1S/C21H14ClF3N4O3S/c22-15-3-1-2-4-16(15)32-10-9-31-13-7-5-12(6-8-13)11-14-17(26)29-20(27-18(14)30)33-19(28-29)21(23,24)25/h1-8,11,26H,9-10H2/b14-11+,26-17?. The van der Waals surface area contributed by atoms with Crippen LogP contribution in [0.4, 0.5) is 13.2 Å². The number of halogens is 4. The van der Waals surface area contributed by atoms with Crippen LogP contribution in [-0.2, 0) is 4.79 Å². The molecule has 1 amide bonds. The van der Waals surface area contributed by atoms with Gasteiger partial charge in [-0.1, -0.05) is 35.9 Å². The first kappa shape index (κ1) is 22.9. The third kappa shape index (κ3) is 5.20. The second-order valence-corrected chi connectivity index (χ2v) is 7.98. The minimum atomic E-state index is -4.69. The maximum atomic E-state index is 12.9. The maximum absolute atomic E-state index is 12.9. The van der Waals surface area contributed by atoms with Gasteiger partial charge in [-0.25, -0.2) is 0 Å². The third-order valence-corrected chi connectivity index (χ3v) is 5.60. The molecular formula is C21H14ClF3N4O3S. The molecule has 0 aromatic heterocycles. The lowest BCUT2D eigenvalue weighted by atomic mass is 10.1. The lowest BCUT2D eigenvalue weighted by molar-refractivity contribution is -0.114. The van der Waals surface area contributed by atoms with Crippen LogP contribution in [0.3, 0.4) is 0 Å². The summed E-state index contributed by atoms with van der Waals surface area (Å²) in [6.45, 7) is 0.536. The van der Waals surface area contributed by atoms with Gasteiger partial charge in [-0.2, -0.15) is 28.3 Å². The molecule has 0 fully saturated rings. The number of nitrogens with one attached hydrogen (secondary N) is 1. The number of para-hydroxylation sites is 1. The molecule has 0 radical (unpaired) electrons. The highest BCUT2D eigenvalue weighted by atomic mass is 35.5. The highest BCUT2D eigenvalue weighted by Gasteiger charge is 2.46. The molecule has 4 rings (SSSR count). The quantitative estimate of drug-likeness (QED) is 0.452. The number of amidine groups is 2. The summed E-state index contributed by atoms with van der Waals surface area (Å²) in [5.74, 6) is -0.193. The van der Waals surface area contributed by atoms with E-state index in [0.29, 0.717) is 27.1 Å². The van der Waals surface area contributed by atoms with Crippen LogP contribution in [0.2, 0.25) is 5.02 Å². The van der Waals surface area contributed by atoms with Crippen molar-refractivity contribution in [1.29, 1.82) is 5.41 Å². The van der Waals surface area contributed by atoms with E-state index in [1.54, 1.807) is 42.5 Å².